The van der Waals surface area contributed by atoms with Crippen molar-refractivity contribution in [2.24, 2.45) is 0 Å². The number of nitrogens with zero attached hydrogens (tertiary/aromatic N) is 1. The number of anilines is 1. The number of rotatable bonds is 5. The molecule has 144 valence electrons. The molecular weight excluding hydrogens is 376 g/mol. The SMILES string of the molecule is CN(CC(=O)Nc1cc2c(cc1Cl)OCCO2)Cc1ccc2ccccc2c1. The first-order chi connectivity index (χ1) is 13.6. The number of ether oxygens (including phenoxy) is 2. The molecule has 28 heavy (non-hydrogen) atoms. The molecule has 3 aromatic rings. The Morgan fingerprint density at radius 1 is 1.04 bits per heavy atom. The van der Waals surface area contributed by atoms with E-state index in [9.17, 15) is 4.79 Å². The van der Waals surface area contributed by atoms with Crippen LogP contribution in [0.15, 0.2) is 54.6 Å². The van der Waals surface area contributed by atoms with Crippen LogP contribution in [-0.4, -0.2) is 37.6 Å². The summed E-state index contributed by atoms with van der Waals surface area (Å²) in [5, 5.41) is 5.69. The van der Waals surface area contributed by atoms with Crippen molar-refractivity contribution in [2.75, 3.05) is 32.1 Å². The number of hydrogen-bond acceptors (Lipinski definition) is 4. The zero-order valence-electron chi connectivity index (χ0n) is 15.6. The van der Waals surface area contributed by atoms with Gasteiger partial charge in [-0.1, -0.05) is 48.0 Å². The van der Waals surface area contributed by atoms with Crippen LogP contribution in [-0.2, 0) is 11.3 Å². The van der Waals surface area contributed by atoms with Crippen molar-refractivity contribution in [3.8, 4) is 11.5 Å². The Hall–Kier alpha value is -2.76. The Balaban J connectivity index is 1.39. The molecule has 0 aliphatic carbocycles. The van der Waals surface area contributed by atoms with Crippen LogP contribution in [0.5, 0.6) is 11.5 Å². The van der Waals surface area contributed by atoms with Crippen molar-refractivity contribution in [1.29, 1.82) is 0 Å². The molecule has 1 aliphatic heterocycles. The second-order valence-electron chi connectivity index (χ2n) is 6.88. The van der Waals surface area contributed by atoms with E-state index in [0.717, 1.165) is 5.56 Å². The summed E-state index contributed by atoms with van der Waals surface area (Å²) in [7, 11) is 1.92. The van der Waals surface area contributed by atoms with Crippen LogP contribution in [0.1, 0.15) is 5.56 Å². The highest BCUT2D eigenvalue weighted by molar-refractivity contribution is 6.34. The molecule has 0 atom stereocenters. The Kier molecular flexibility index (Phi) is 5.37. The number of nitrogens with one attached hydrogen (secondary N) is 1. The van der Waals surface area contributed by atoms with Crippen LogP contribution in [0.25, 0.3) is 10.8 Å². The van der Waals surface area contributed by atoms with E-state index in [2.05, 4.69) is 35.6 Å². The van der Waals surface area contributed by atoms with Gasteiger partial charge in [0, 0.05) is 18.7 Å². The molecule has 0 fully saturated rings. The zero-order valence-corrected chi connectivity index (χ0v) is 16.3. The van der Waals surface area contributed by atoms with E-state index in [1.165, 1.54) is 10.8 Å². The first kappa shape index (κ1) is 18.6. The summed E-state index contributed by atoms with van der Waals surface area (Å²) in [6.07, 6.45) is 0. The molecule has 0 saturated carbocycles. The van der Waals surface area contributed by atoms with E-state index in [0.29, 0.717) is 42.0 Å². The van der Waals surface area contributed by atoms with Crippen LogP contribution in [0.3, 0.4) is 0 Å². The normalized spacial score (nSPS) is 13.0. The van der Waals surface area contributed by atoms with Gasteiger partial charge in [-0.15, -0.1) is 0 Å². The highest BCUT2D eigenvalue weighted by Crippen LogP contribution is 2.37. The maximum absolute atomic E-state index is 12.5. The van der Waals surface area contributed by atoms with Crippen molar-refractivity contribution in [2.45, 2.75) is 6.54 Å². The number of hydrogen-bond donors (Lipinski definition) is 1. The number of likely N-dealkylation sites (N-methyl/N-ethyl adjacent to an activating group) is 1. The van der Waals surface area contributed by atoms with Gasteiger partial charge in [0.1, 0.15) is 13.2 Å². The van der Waals surface area contributed by atoms with Gasteiger partial charge in [0.15, 0.2) is 11.5 Å². The second-order valence-corrected chi connectivity index (χ2v) is 7.28. The number of amides is 1. The Labute approximate surface area is 168 Å². The maximum Gasteiger partial charge on any atom is 0.238 e. The van der Waals surface area contributed by atoms with Crippen LogP contribution < -0.4 is 14.8 Å². The lowest BCUT2D eigenvalue weighted by Gasteiger charge is -2.21. The molecule has 0 saturated heterocycles. The summed E-state index contributed by atoms with van der Waals surface area (Å²) in [4.78, 5) is 14.4. The topological polar surface area (TPSA) is 50.8 Å². The standard InChI is InChI=1S/C22H21ClN2O3/c1-25(13-15-6-7-16-4-2-3-5-17(16)10-15)14-22(26)24-19-12-21-20(11-18(19)23)27-8-9-28-21/h2-7,10-12H,8-9,13-14H2,1H3,(H,24,26). The van der Waals surface area contributed by atoms with E-state index >= 15 is 0 Å². The quantitative estimate of drug-likeness (QED) is 0.697. The second kappa shape index (κ2) is 8.09. The number of carbonyl (C=O) groups is 1. The molecule has 0 bridgehead atoms. The molecule has 1 N–H and O–H groups in total. The lowest BCUT2D eigenvalue weighted by Crippen LogP contribution is -2.30. The minimum atomic E-state index is -0.137. The van der Waals surface area contributed by atoms with Gasteiger partial charge in [0.25, 0.3) is 0 Å². The number of benzene rings is 3. The van der Waals surface area contributed by atoms with Gasteiger partial charge in [0.05, 0.1) is 17.3 Å². The summed E-state index contributed by atoms with van der Waals surface area (Å²) in [5.74, 6) is 1.06. The lowest BCUT2D eigenvalue weighted by molar-refractivity contribution is -0.117. The summed E-state index contributed by atoms with van der Waals surface area (Å²) in [6, 6.07) is 18.0. The van der Waals surface area contributed by atoms with Crippen LogP contribution in [0.4, 0.5) is 5.69 Å². The van der Waals surface area contributed by atoms with Crippen molar-refractivity contribution in [3.63, 3.8) is 0 Å². The van der Waals surface area contributed by atoms with E-state index in [1.807, 2.05) is 24.1 Å². The third-order valence-corrected chi connectivity index (χ3v) is 4.90. The average molecular weight is 397 g/mol. The first-order valence-corrected chi connectivity index (χ1v) is 9.51. The number of carbonyl (C=O) groups excluding carboxylic acids is 1. The largest absolute Gasteiger partial charge is 0.486 e. The van der Waals surface area contributed by atoms with Gasteiger partial charge >= 0.3 is 0 Å². The molecule has 0 spiro atoms. The Morgan fingerprint density at radius 2 is 1.75 bits per heavy atom. The third kappa shape index (κ3) is 4.21. The summed E-state index contributed by atoms with van der Waals surface area (Å²) in [5.41, 5.74) is 1.68. The molecule has 3 aromatic carbocycles. The number of halogens is 1. The summed E-state index contributed by atoms with van der Waals surface area (Å²) in [6.45, 7) is 1.90. The molecule has 1 heterocycles. The van der Waals surface area contributed by atoms with Crippen molar-refractivity contribution in [1.82, 2.24) is 4.90 Å². The molecule has 6 heteroatoms. The Morgan fingerprint density at radius 3 is 2.54 bits per heavy atom. The van der Waals surface area contributed by atoms with Crippen LogP contribution in [0, 0.1) is 0 Å². The molecule has 5 nitrogen and oxygen atoms in total. The molecule has 1 amide bonds. The molecule has 4 rings (SSSR count). The molecule has 0 aromatic heterocycles. The van der Waals surface area contributed by atoms with Gasteiger partial charge in [-0.25, -0.2) is 0 Å². The van der Waals surface area contributed by atoms with Crippen molar-refractivity contribution >= 4 is 34.0 Å². The summed E-state index contributed by atoms with van der Waals surface area (Å²) >= 11 is 6.26. The molecule has 0 radical (unpaired) electrons. The van der Waals surface area contributed by atoms with Crippen LogP contribution >= 0.6 is 11.6 Å². The minimum absolute atomic E-state index is 0.137. The predicted molar refractivity (Wildman–Crippen MR) is 111 cm³/mol. The fourth-order valence-corrected chi connectivity index (χ4v) is 3.50. The van der Waals surface area contributed by atoms with Crippen molar-refractivity contribution in [3.05, 3.63) is 65.2 Å². The van der Waals surface area contributed by atoms with Gasteiger partial charge in [0.2, 0.25) is 5.91 Å². The zero-order chi connectivity index (χ0) is 19.5. The predicted octanol–water partition coefficient (Wildman–Crippen LogP) is 4.33. The molecule has 1 aliphatic rings. The van der Waals surface area contributed by atoms with E-state index in [1.54, 1.807) is 12.1 Å². The monoisotopic (exact) mass is 396 g/mol. The molecular formula is C22H21ClN2O3. The lowest BCUT2D eigenvalue weighted by atomic mass is 10.1. The third-order valence-electron chi connectivity index (χ3n) is 4.59. The minimum Gasteiger partial charge on any atom is -0.486 e. The van der Waals surface area contributed by atoms with E-state index < -0.39 is 0 Å². The summed E-state index contributed by atoms with van der Waals surface area (Å²) < 4.78 is 11.0. The fraction of sp³-hybridized carbons (Fsp3) is 0.227. The smallest absolute Gasteiger partial charge is 0.238 e. The van der Waals surface area contributed by atoms with Crippen molar-refractivity contribution < 1.29 is 14.3 Å². The first-order valence-electron chi connectivity index (χ1n) is 9.14. The van der Waals surface area contributed by atoms with E-state index in [-0.39, 0.29) is 12.5 Å². The van der Waals surface area contributed by atoms with Gasteiger partial charge in [-0.05, 0) is 29.4 Å². The van der Waals surface area contributed by atoms with Gasteiger partial charge < -0.3 is 14.8 Å². The number of fused-ring (bicyclic) bond motifs is 2. The fourth-order valence-electron chi connectivity index (χ4n) is 3.30. The molecule has 0 unspecified atom stereocenters. The van der Waals surface area contributed by atoms with E-state index in [4.69, 9.17) is 21.1 Å². The average Bonchev–Trinajstić information content (AvgIpc) is 2.68. The van der Waals surface area contributed by atoms with Crippen LogP contribution in [0.2, 0.25) is 5.02 Å². The van der Waals surface area contributed by atoms with Gasteiger partial charge in [-0.3, -0.25) is 9.69 Å². The van der Waals surface area contributed by atoms with Gasteiger partial charge in [-0.2, -0.15) is 0 Å². The highest BCUT2D eigenvalue weighted by atomic mass is 35.5. The maximum atomic E-state index is 12.5. The highest BCUT2D eigenvalue weighted by Gasteiger charge is 2.17. The Bertz CT molecular complexity index is 1020.